The van der Waals surface area contributed by atoms with Crippen molar-refractivity contribution in [3.8, 4) is 0 Å². The summed E-state index contributed by atoms with van der Waals surface area (Å²) in [4.78, 5) is 13.9. The molecule has 4 rings (SSSR count). The van der Waals surface area contributed by atoms with Crippen molar-refractivity contribution in [2.45, 2.75) is 19.4 Å². The van der Waals surface area contributed by atoms with Crippen LogP contribution >= 0.6 is 0 Å². The van der Waals surface area contributed by atoms with Crippen LogP contribution in [-0.4, -0.2) is 40.2 Å². The van der Waals surface area contributed by atoms with Gasteiger partial charge in [-0.05, 0) is 44.1 Å². The predicted octanol–water partition coefficient (Wildman–Crippen LogP) is 2.57. The molecule has 1 N–H and O–H groups in total. The minimum Gasteiger partial charge on any atom is -0.478 e. The predicted molar refractivity (Wildman–Crippen MR) is 77.0 cm³/mol. The highest BCUT2D eigenvalue weighted by Crippen LogP contribution is 2.42. The normalized spacial score (nSPS) is 27.6. The summed E-state index contributed by atoms with van der Waals surface area (Å²) >= 11 is 0. The highest BCUT2D eigenvalue weighted by molar-refractivity contribution is 6.03. The second-order valence-electron chi connectivity index (χ2n) is 6.41. The van der Waals surface area contributed by atoms with Crippen LogP contribution in [0.5, 0.6) is 0 Å². The number of hydrogen-bond donors (Lipinski definition) is 1. The summed E-state index contributed by atoms with van der Waals surface area (Å²) < 4.78 is 15.4. The number of carbonyl (C=O) groups is 1. The van der Waals surface area contributed by atoms with Crippen LogP contribution in [0.4, 0.5) is 4.39 Å². The summed E-state index contributed by atoms with van der Waals surface area (Å²) in [6.45, 7) is 4.19. The molecule has 0 saturated carbocycles. The van der Waals surface area contributed by atoms with Crippen molar-refractivity contribution in [1.29, 1.82) is 0 Å². The van der Waals surface area contributed by atoms with Crippen molar-refractivity contribution in [1.82, 2.24) is 9.47 Å². The van der Waals surface area contributed by atoms with Crippen molar-refractivity contribution in [2.24, 2.45) is 5.41 Å². The van der Waals surface area contributed by atoms with Gasteiger partial charge in [0.15, 0.2) is 0 Å². The molecule has 0 radical (unpaired) electrons. The first-order chi connectivity index (χ1) is 10.1. The van der Waals surface area contributed by atoms with E-state index in [1.165, 1.54) is 12.1 Å². The summed E-state index contributed by atoms with van der Waals surface area (Å²) in [5, 5.41) is 9.83. The zero-order chi connectivity index (χ0) is 14.6. The summed E-state index contributed by atoms with van der Waals surface area (Å²) in [6.07, 6.45) is 3.99. The Labute approximate surface area is 121 Å². The topological polar surface area (TPSA) is 45.5 Å². The molecule has 2 aliphatic heterocycles. The van der Waals surface area contributed by atoms with Crippen LogP contribution in [-0.2, 0) is 6.54 Å². The summed E-state index contributed by atoms with van der Waals surface area (Å²) in [5.74, 6) is -1.39. The number of aromatic nitrogens is 1. The standard InChI is InChI=1S/C16H17FN2O2/c17-11-1-2-14-12(7-11)13(15(20)21)8-19(14)10-16-3-5-18(9-16)6-4-16/h1-2,7-8H,3-6,9-10H2,(H,20,21). The molecule has 1 aromatic carbocycles. The Balaban J connectivity index is 1.80. The van der Waals surface area contributed by atoms with Crippen molar-refractivity contribution in [3.63, 3.8) is 0 Å². The minimum absolute atomic E-state index is 0.189. The second kappa shape index (κ2) is 4.31. The van der Waals surface area contributed by atoms with Crippen LogP contribution in [0.3, 0.4) is 0 Å². The smallest absolute Gasteiger partial charge is 0.337 e. The van der Waals surface area contributed by atoms with E-state index in [-0.39, 0.29) is 11.0 Å². The van der Waals surface area contributed by atoms with Gasteiger partial charge >= 0.3 is 5.97 Å². The van der Waals surface area contributed by atoms with Gasteiger partial charge < -0.3 is 14.6 Å². The molecule has 0 amide bonds. The monoisotopic (exact) mass is 288 g/mol. The molecule has 1 aromatic heterocycles. The molecule has 3 heterocycles. The largest absolute Gasteiger partial charge is 0.478 e. The fraction of sp³-hybridized carbons (Fsp3) is 0.438. The van der Waals surface area contributed by atoms with Crippen molar-refractivity contribution in [3.05, 3.63) is 35.8 Å². The number of rotatable bonds is 3. The van der Waals surface area contributed by atoms with Crippen molar-refractivity contribution in [2.75, 3.05) is 19.6 Å². The number of benzene rings is 1. The number of carboxylic acid groups (broad SMARTS) is 1. The van der Waals surface area contributed by atoms with Gasteiger partial charge in [-0.2, -0.15) is 0 Å². The van der Waals surface area contributed by atoms with Crippen LogP contribution in [0, 0.1) is 11.2 Å². The van der Waals surface area contributed by atoms with Gasteiger partial charge in [-0.1, -0.05) is 0 Å². The second-order valence-corrected chi connectivity index (χ2v) is 6.41. The van der Waals surface area contributed by atoms with E-state index in [2.05, 4.69) is 4.90 Å². The highest BCUT2D eigenvalue weighted by Gasteiger charge is 2.43. The highest BCUT2D eigenvalue weighted by atomic mass is 19.1. The lowest BCUT2D eigenvalue weighted by atomic mass is 9.84. The Bertz CT molecular complexity index is 729. The van der Waals surface area contributed by atoms with Crippen LogP contribution in [0.1, 0.15) is 23.2 Å². The molecule has 21 heavy (non-hydrogen) atoms. The summed E-state index contributed by atoms with van der Waals surface area (Å²) in [7, 11) is 0. The van der Waals surface area contributed by atoms with Gasteiger partial charge in [0, 0.05) is 35.6 Å². The first-order valence-electron chi connectivity index (χ1n) is 7.30. The molecular weight excluding hydrogens is 271 g/mol. The fourth-order valence-corrected chi connectivity index (χ4v) is 3.96. The van der Waals surface area contributed by atoms with Crippen molar-refractivity contribution >= 4 is 16.9 Å². The van der Waals surface area contributed by atoms with E-state index in [9.17, 15) is 14.3 Å². The number of halogens is 1. The average Bonchev–Trinajstić information content (AvgIpc) is 3.12. The molecule has 2 aliphatic rings. The molecule has 110 valence electrons. The zero-order valence-corrected chi connectivity index (χ0v) is 11.7. The quantitative estimate of drug-likeness (QED) is 0.944. The molecule has 2 bridgehead atoms. The third kappa shape index (κ3) is 1.95. The number of hydrogen-bond acceptors (Lipinski definition) is 2. The Morgan fingerprint density at radius 3 is 2.71 bits per heavy atom. The number of nitrogens with zero attached hydrogens (tertiary/aromatic N) is 2. The van der Waals surface area contributed by atoms with Gasteiger partial charge in [-0.3, -0.25) is 0 Å². The maximum absolute atomic E-state index is 13.4. The van der Waals surface area contributed by atoms with E-state index < -0.39 is 11.8 Å². The number of aromatic carboxylic acids is 1. The average molecular weight is 288 g/mol. The van der Waals surface area contributed by atoms with E-state index in [0.717, 1.165) is 44.5 Å². The molecule has 2 saturated heterocycles. The third-order valence-corrected chi connectivity index (χ3v) is 5.06. The van der Waals surface area contributed by atoms with E-state index in [0.29, 0.717) is 5.39 Å². The van der Waals surface area contributed by atoms with Gasteiger partial charge in [0.05, 0.1) is 5.56 Å². The maximum atomic E-state index is 13.4. The lowest BCUT2D eigenvalue weighted by Crippen LogP contribution is -2.25. The van der Waals surface area contributed by atoms with E-state index in [1.54, 1.807) is 12.3 Å². The Morgan fingerprint density at radius 1 is 1.33 bits per heavy atom. The molecule has 2 fully saturated rings. The molecular formula is C16H17FN2O2. The SMILES string of the molecule is O=C(O)c1cn(CC23CCN(CC2)C3)c2ccc(F)cc12. The molecule has 0 spiro atoms. The number of carboxylic acids is 1. The van der Waals surface area contributed by atoms with Crippen molar-refractivity contribution < 1.29 is 14.3 Å². The van der Waals surface area contributed by atoms with Crippen LogP contribution < -0.4 is 0 Å². The van der Waals surface area contributed by atoms with Crippen LogP contribution in [0.15, 0.2) is 24.4 Å². The van der Waals surface area contributed by atoms with Gasteiger partial charge in [0.25, 0.3) is 0 Å². The molecule has 5 heteroatoms. The van der Waals surface area contributed by atoms with E-state index in [4.69, 9.17) is 0 Å². The number of piperidine rings is 1. The fourth-order valence-electron chi connectivity index (χ4n) is 3.96. The van der Waals surface area contributed by atoms with Gasteiger partial charge in [0.1, 0.15) is 5.82 Å². The Hall–Kier alpha value is -1.88. The molecule has 2 aromatic rings. The lowest BCUT2D eigenvalue weighted by molar-refractivity contribution is 0.0698. The zero-order valence-electron chi connectivity index (χ0n) is 11.7. The van der Waals surface area contributed by atoms with Gasteiger partial charge in [-0.15, -0.1) is 0 Å². The summed E-state index contributed by atoms with van der Waals surface area (Å²) in [5.41, 5.74) is 1.26. The number of fused-ring (bicyclic) bond motifs is 3. The molecule has 0 unspecified atom stereocenters. The first kappa shape index (κ1) is 12.8. The molecule has 0 aliphatic carbocycles. The van der Waals surface area contributed by atoms with E-state index >= 15 is 0 Å². The van der Waals surface area contributed by atoms with Gasteiger partial charge in [0.2, 0.25) is 0 Å². The summed E-state index contributed by atoms with van der Waals surface area (Å²) in [6, 6.07) is 4.41. The van der Waals surface area contributed by atoms with Gasteiger partial charge in [-0.25, -0.2) is 9.18 Å². The first-order valence-corrected chi connectivity index (χ1v) is 7.30. The van der Waals surface area contributed by atoms with Crippen LogP contribution in [0.2, 0.25) is 0 Å². The molecule has 4 nitrogen and oxygen atoms in total. The third-order valence-electron chi connectivity index (χ3n) is 5.06. The van der Waals surface area contributed by atoms with E-state index in [1.807, 2.05) is 4.57 Å². The Kier molecular flexibility index (Phi) is 2.63. The van der Waals surface area contributed by atoms with Crippen LogP contribution in [0.25, 0.3) is 10.9 Å². The molecule has 0 atom stereocenters. The Morgan fingerprint density at radius 2 is 2.10 bits per heavy atom. The minimum atomic E-state index is -0.999. The maximum Gasteiger partial charge on any atom is 0.337 e. The lowest BCUT2D eigenvalue weighted by Gasteiger charge is -2.26.